The topological polar surface area (TPSA) is 105 Å². The molecule has 10 heteroatoms. The molecule has 10 nitrogen and oxygen atoms in total. The number of carbonyl (C=O) groups excluding carboxylic acids is 1. The molecule has 0 bridgehead atoms. The molecule has 0 aliphatic carbocycles. The second-order valence-electron chi connectivity index (χ2n) is 7.02. The molecule has 2 N–H and O–H groups in total. The monoisotopic (exact) mass is 413 g/mol. The molecule has 0 unspecified atom stereocenters. The lowest BCUT2D eigenvalue weighted by molar-refractivity contribution is 0.121. The molecule has 30 heavy (non-hydrogen) atoms. The number of urea groups is 1. The third kappa shape index (κ3) is 4.95. The average molecular weight is 413 g/mol. The maximum absolute atomic E-state index is 11.7. The Labute approximate surface area is 175 Å². The van der Waals surface area contributed by atoms with Crippen molar-refractivity contribution >= 4 is 23.6 Å². The molecule has 2 aromatic rings. The van der Waals surface area contributed by atoms with E-state index in [0.29, 0.717) is 56.4 Å². The van der Waals surface area contributed by atoms with E-state index in [1.165, 1.54) is 0 Å². The van der Waals surface area contributed by atoms with E-state index in [4.69, 9.17) is 24.4 Å². The van der Waals surface area contributed by atoms with Crippen LogP contribution in [0.25, 0.3) is 11.4 Å². The molecule has 160 valence electrons. The van der Waals surface area contributed by atoms with E-state index in [0.717, 1.165) is 31.7 Å². The molecule has 1 aromatic heterocycles. The van der Waals surface area contributed by atoms with Gasteiger partial charge in [-0.2, -0.15) is 15.0 Å². The van der Waals surface area contributed by atoms with Gasteiger partial charge in [-0.15, -0.1) is 0 Å². The summed E-state index contributed by atoms with van der Waals surface area (Å²) >= 11 is 0. The first-order valence-corrected chi connectivity index (χ1v) is 10.3. The Balaban J connectivity index is 1.61. The number of aromatic nitrogens is 3. The summed E-state index contributed by atoms with van der Waals surface area (Å²) in [6.07, 6.45) is 0. The summed E-state index contributed by atoms with van der Waals surface area (Å²) in [7, 11) is 0. The first kappa shape index (κ1) is 20.3. The van der Waals surface area contributed by atoms with E-state index in [1.54, 1.807) is 0 Å². The van der Waals surface area contributed by atoms with Crippen molar-refractivity contribution in [1.82, 2.24) is 20.3 Å². The molecule has 1 aromatic carbocycles. The number of nitrogens with one attached hydrogen (secondary N) is 2. The molecule has 0 atom stereocenters. The highest BCUT2D eigenvalue weighted by Crippen LogP contribution is 2.24. The van der Waals surface area contributed by atoms with Gasteiger partial charge in [0.15, 0.2) is 5.82 Å². The van der Waals surface area contributed by atoms with Crippen molar-refractivity contribution in [3.05, 3.63) is 24.3 Å². The third-order valence-electron chi connectivity index (χ3n) is 4.94. The van der Waals surface area contributed by atoms with Crippen molar-refractivity contribution in [2.45, 2.75) is 6.92 Å². The van der Waals surface area contributed by atoms with Crippen molar-refractivity contribution in [2.75, 3.05) is 74.3 Å². The SMILES string of the molecule is CCNC(=O)Nc1ccc(-c2nc(N3CCOCC3)nc(N3CCOCC3)n2)cc1. The lowest BCUT2D eigenvalue weighted by Crippen LogP contribution is -2.40. The van der Waals surface area contributed by atoms with Crippen LogP contribution >= 0.6 is 0 Å². The molecule has 2 aliphatic heterocycles. The van der Waals surface area contributed by atoms with Crippen LogP contribution in [0.5, 0.6) is 0 Å². The van der Waals surface area contributed by atoms with Crippen LogP contribution in [-0.2, 0) is 9.47 Å². The second kappa shape index (κ2) is 9.68. The van der Waals surface area contributed by atoms with E-state index < -0.39 is 0 Å². The van der Waals surface area contributed by atoms with Gasteiger partial charge in [0, 0.05) is 44.0 Å². The van der Waals surface area contributed by atoms with Gasteiger partial charge in [0.2, 0.25) is 11.9 Å². The minimum absolute atomic E-state index is 0.227. The molecule has 2 amide bonds. The van der Waals surface area contributed by atoms with Gasteiger partial charge < -0.3 is 29.9 Å². The number of hydrogen-bond acceptors (Lipinski definition) is 8. The number of rotatable bonds is 5. The molecule has 2 fully saturated rings. The summed E-state index contributed by atoms with van der Waals surface area (Å²) in [5.41, 5.74) is 1.57. The molecule has 2 saturated heterocycles. The van der Waals surface area contributed by atoms with Gasteiger partial charge >= 0.3 is 6.03 Å². The van der Waals surface area contributed by atoms with E-state index in [2.05, 4.69) is 20.4 Å². The minimum Gasteiger partial charge on any atom is -0.378 e. The molecular formula is C20H27N7O3. The summed E-state index contributed by atoms with van der Waals surface area (Å²) in [6.45, 7) is 8.10. The first-order chi connectivity index (χ1) is 14.7. The van der Waals surface area contributed by atoms with Crippen LogP contribution < -0.4 is 20.4 Å². The summed E-state index contributed by atoms with van der Waals surface area (Å²) in [5.74, 6) is 1.93. The maximum atomic E-state index is 11.7. The largest absolute Gasteiger partial charge is 0.378 e. The molecule has 0 saturated carbocycles. The quantitative estimate of drug-likeness (QED) is 0.757. The lowest BCUT2D eigenvalue weighted by Gasteiger charge is -2.30. The van der Waals surface area contributed by atoms with Crippen molar-refractivity contribution in [3.8, 4) is 11.4 Å². The Morgan fingerprint density at radius 3 is 1.93 bits per heavy atom. The summed E-state index contributed by atoms with van der Waals surface area (Å²) in [4.78, 5) is 30.2. The minimum atomic E-state index is -0.227. The standard InChI is InChI=1S/C20H27N7O3/c1-2-21-20(28)22-16-5-3-15(4-6-16)17-23-18(26-7-11-29-12-8-26)25-19(24-17)27-9-13-30-14-10-27/h3-6H,2,7-14H2,1H3,(H2,21,22,28). The number of ether oxygens (including phenoxy) is 2. The smallest absolute Gasteiger partial charge is 0.319 e. The van der Waals surface area contributed by atoms with Crippen LogP contribution in [0.15, 0.2) is 24.3 Å². The molecule has 0 radical (unpaired) electrons. The van der Waals surface area contributed by atoms with Crippen LogP contribution in [-0.4, -0.2) is 80.1 Å². The van der Waals surface area contributed by atoms with Crippen LogP contribution in [0.1, 0.15) is 6.92 Å². The van der Waals surface area contributed by atoms with Crippen LogP contribution in [0.2, 0.25) is 0 Å². The molecule has 2 aliphatic rings. The van der Waals surface area contributed by atoms with Crippen LogP contribution in [0.4, 0.5) is 22.4 Å². The fourth-order valence-electron chi connectivity index (χ4n) is 3.33. The van der Waals surface area contributed by atoms with E-state index in [-0.39, 0.29) is 6.03 Å². The second-order valence-corrected chi connectivity index (χ2v) is 7.02. The van der Waals surface area contributed by atoms with Gasteiger partial charge in [0.05, 0.1) is 26.4 Å². The highest BCUT2D eigenvalue weighted by molar-refractivity contribution is 5.89. The zero-order valence-electron chi connectivity index (χ0n) is 17.1. The van der Waals surface area contributed by atoms with E-state index in [9.17, 15) is 4.79 Å². The molecule has 3 heterocycles. The Hall–Kier alpha value is -2.98. The fourth-order valence-corrected chi connectivity index (χ4v) is 3.33. The van der Waals surface area contributed by atoms with Crippen molar-refractivity contribution in [3.63, 3.8) is 0 Å². The van der Waals surface area contributed by atoms with Crippen molar-refractivity contribution < 1.29 is 14.3 Å². The number of morpholine rings is 2. The number of hydrogen-bond donors (Lipinski definition) is 2. The highest BCUT2D eigenvalue weighted by atomic mass is 16.5. The maximum Gasteiger partial charge on any atom is 0.319 e. The molecule has 0 spiro atoms. The van der Waals surface area contributed by atoms with Crippen molar-refractivity contribution in [1.29, 1.82) is 0 Å². The van der Waals surface area contributed by atoms with Gasteiger partial charge in [-0.3, -0.25) is 0 Å². The number of anilines is 3. The van der Waals surface area contributed by atoms with Gasteiger partial charge in [0.1, 0.15) is 0 Å². The summed E-state index contributed by atoms with van der Waals surface area (Å²) < 4.78 is 10.9. The Bertz CT molecular complexity index is 814. The van der Waals surface area contributed by atoms with Crippen LogP contribution in [0.3, 0.4) is 0 Å². The number of amides is 2. The summed E-state index contributed by atoms with van der Waals surface area (Å²) in [6, 6.07) is 7.27. The summed E-state index contributed by atoms with van der Waals surface area (Å²) in [5, 5.41) is 5.51. The zero-order valence-corrected chi connectivity index (χ0v) is 17.1. The third-order valence-corrected chi connectivity index (χ3v) is 4.94. The van der Waals surface area contributed by atoms with Gasteiger partial charge in [-0.1, -0.05) is 0 Å². The molecular weight excluding hydrogens is 386 g/mol. The Morgan fingerprint density at radius 1 is 0.900 bits per heavy atom. The van der Waals surface area contributed by atoms with Crippen LogP contribution in [0, 0.1) is 0 Å². The van der Waals surface area contributed by atoms with Gasteiger partial charge in [-0.05, 0) is 31.2 Å². The zero-order chi connectivity index (χ0) is 20.8. The predicted octanol–water partition coefficient (Wildman–Crippen LogP) is 1.35. The predicted molar refractivity (Wildman–Crippen MR) is 114 cm³/mol. The number of nitrogens with zero attached hydrogens (tertiary/aromatic N) is 5. The van der Waals surface area contributed by atoms with E-state index >= 15 is 0 Å². The van der Waals surface area contributed by atoms with Gasteiger partial charge in [0.25, 0.3) is 0 Å². The Morgan fingerprint density at radius 2 is 1.43 bits per heavy atom. The highest BCUT2D eigenvalue weighted by Gasteiger charge is 2.21. The van der Waals surface area contributed by atoms with Gasteiger partial charge in [-0.25, -0.2) is 4.79 Å². The van der Waals surface area contributed by atoms with Crippen molar-refractivity contribution in [2.24, 2.45) is 0 Å². The number of benzene rings is 1. The lowest BCUT2D eigenvalue weighted by atomic mass is 10.2. The average Bonchev–Trinajstić information content (AvgIpc) is 2.80. The normalized spacial score (nSPS) is 17.0. The number of carbonyl (C=O) groups is 1. The van der Waals surface area contributed by atoms with E-state index in [1.807, 2.05) is 31.2 Å². The first-order valence-electron chi connectivity index (χ1n) is 10.3. The fraction of sp³-hybridized carbons (Fsp3) is 0.500. The Kier molecular flexibility index (Phi) is 6.55. The molecule has 4 rings (SSSR count).